The van der Waals surface area contributed by atoms with Gasteiger partial charge in [-0.1, -0.05) is 43.7 Å². The summed E-state index contributed by atoms with van der Waals surface area (Å²) >= 11 is 0. The third-order valence-electron chi connectivity index (χ3n) is 1.34. The summed E-state index contributed by atoms with van der Waals surface area (Å²) in [7, 11) is -1.35. The van der Waals surface area contributed by atoms with Crippen LogP contribution in [0.4, 0.5) is 0 Å². The molecule has 2 nitrogen and oxygen atoms in total. The van der Waals surface area contributed by atoms with Crippen LogP contribution in [0, 0.1) is 6.92 Å². The van der Waals surface area contributed by atoms with Gasteiger partial charge in [0, 0.05) is 0 Å². The quantitative estimate of drug-likeness (QED) is 0.603. The van der Waals surface area contributed by atoms with E-state index in [0.717, 1.165) is 5.56 Å². The summed E-state index contributed by atoms with van der Waals surface area (Å²) in [5.74, 6) is 0. The van der Waals surface area contributed by atoms with Crippen molar-refractivity contribution in [1.29, 1.82) is 0 Å². The lowest BCUT2D eigenvalue weighted by Gasteiger charge is -1.98. The van der Waals surface area contributed by atoms with Gasteiger partial charge in [-0.2, -0.15) is 0 Å². The summed E-state index contributed by atoms with van der Waals surface area (Å²) < 4.78 is 0. The Labute approximate surface area is 74.0 Å². The smallest absolute Gasteiger partial charge is 0.423 e. The van der Waals surface area contributed by atoms with E-state index >= 15 is 0 Å². The molecule has 66 valence electrons. The van der Waals surface area contributed by atoms with E-state index in [4.69, 9.17) is 10.0 Å². The Morgan fingerprint density at radius 1 is 1.17 bits per heavy atom. The van der Waals surface area contributed by atoms with Crippen LogP contribution >= 0.6 is 0 Å². The van der Waals surface area contributed by atoms with E-state index in [1.165, 1.54) is 0 Å². The van der Waals surface area contributed by atoms with Gasteiger partial charge in [0.25, 0.3) is 0 Å². The van der Waals surface area contributed by atoms with Gasteiger partial charge in [0.05, 0.1) is 0 Å². The van der Waals surface area contributed by atoms with Gasteiger partial charge < -0.3 is 10.0 Å². The Bertz CT molecular complexity index is 224. The molecular formula is C9H15BO2. The number of benzene rings is 1. The molecule has 0 bridgehead atoms. The Hall–Kier alpha value is -0.795. The Morgan fingerprint density at radius 2 is 1.75 bits per heavy atom. The molecule has 0 unspecified atom stereocenters. The van der Waals surface area contributed by atoms with Crippen LogP contribution in [-0.2, 0) is 0 Å². The summed E-state index contributed by atoms with van der Waals surface area (Å²) in [6.45, 7) is 5.91. The molecule has 0 radical (unpaired) electrons. The highest BCUT2D eigenvalue weighted by Crippen LogP contribution is 1.92. The fourth-order valence-corrected chi connectivity index (χ4v) is 0.831. The SMILES string of the molecule is CC.Cc1cccc(B(O)O)c1. The van der Waals surface area contributed by atoms with Crippen LogP contribution in [0.5, 0.6) is 0 Å². The molecule has 0 aromatic heterocycles. The molecule has 1 rings (SSSR count). The van der Waals surface area contributed by atoms with Crippen molar-refractivity contribution in [1.82, 2.24) is 0 Å². The van der Waals surface area contributed by atoms with Crippen LogP contribution in [0.3, 0.4) is 0 Å². The fourth-order valence-electron chi connectivity index (χ4n) is 0.831. The Kier molecular flexibility index (Phi) is 5.42. The van der Waals surface area contributed by atoms with Crippen LogP contribution in [0.1, 0.15) is 19.4 Å². The maximum atomic E-state index is 8.70. The highest BCUT2D eigenvalue weighted by molar-refractivity contribution is 6.58. The van der Waals surface area contributed by atoms with Gasteiger partial charge in [-0.3, -0.25) is 0 Å². The van der Waals surface area contributed by atoms with E-state index in [0.29, 0.717) is 5.46 Å². The standard InChI is InChI=1S/C7H9BO2.C2H6/c1-6-3-2-4-7(5-6)8(9)10;1-2/h2-5,9-10H,1H3;1-2H3. The first-order chi connectivity index (χ1) is 5.70. The van der Waals surface area contributed by atoms with Crippen LogP contribution in [0.2, 0.25) is 0 Å². The minimum absolute atomic E-state index is 0.542. The third-order valence-corrected chi connectivity index (χ3v) is 1.34. The van der Waals surface area contributed by atoms with Crippen molar-refractivity contribution in [3.05, 3.63) is 29.8 Å². The molecule has 0 atom stereocenters. The Balaban J connectivity index is 0.000000561. The van der Waals surface area contributed by atoms with Crippen molar-refractivity contribution >= 4 is 12.6 Å². The van der Waals surface area contributed by atoms with Crippen LogP contribution in [0.25, 0.3) is 0 Å². The zero-order valence-corrected chi connectivity index (χ0v) is 7.78. The third kappa shape index (κ3) is 3.55. The molecule has 0 heterocycles. The molecule has 0 aliphatic carbocycles. The van der Waals surface area contributed by atoms with Gasteiger partial charge >= 0.3 is 7.12 Å². The highest BCUT2D eigenvalue weighted by atomic mass is 16.4. The average Bonchev–Trinajstić information content (AvgIpc) is 2.08. The molecule has 0 amide bonds. The molecule has 12 heavy (non-hydrogen) atoms. The second-order valence-corrected chi connectivity index (χ2v) is 2.29. The first-order valence-electron chi connectivity index (χ1n) is 4.13. The first kappa shape index (κ1) is 11.2. The monoisotopic (exact) mass is 166 g/mol. The maximum Gasteiger partial charge on any atom is 0.488 e. The highest BCUT2D eigenvalue weighted by Gasteiger charge is 2.08. The molecule has 0 spiro atoms. The minimum Gasteiger partial charge on any atom is -0.423 e. The van der Waals surface area contributed by atoms with Gasteiger partial charge in [0.1, 0.15) is 0 Å². The topological polar surface area (TPSA) is 40.5 Å². The molecule has 0 fully saturated rings. The van der Waals surface area contributed by atoms with E-state index in [-0.39, 0.29) is 0 Å². The number of hydrogen-bond acceptors (Lipinski definition) is 2. The number of rotatable bonds is 1. The molecule has 1 aromatic rings. The maximum absolute atomic E-state index is 8.70. The van der Waals surface area contributed by atoms with Gasteiger partial charge in [-0.15, -0.1) is 0 Å². The average molecular weight is 166 g/mol. The first-order valence-corrected chi connectivity index (χ1v) is 4.13. The van der Waals surface area contributed by atoms with Gasteiger partial charge in [0.2, 0.25) is 0 Å². The van der Waals surface area contributed by atoms with E-state index < -0.39 is 7.12 Å². The van der Waals surface area contributed by atoms with Crippen LogP contribution in [0.15, 0.2) is 24.3 Å². The van der Waals surface area contributed by atoms with Crippen molar-refractivity contribution in [2.45, 2.75) is 20.8 Å². The van der Waals surface area contributed by atoms with Crippen molar-refractivity contribution < 1.29 is 10.0 Å². The zero-order valence-electron chi connectivity index (χ0n) is 7.78. The van der Waals surface area contributed by atoms with Crippen molar-refractivity contribution in [3.8, 4) is 0 Å². The summed E-state index contributed by atoms with van der Waals surface area (Å²) in [4.78, 5) is 0. The summed E-state index contributed by atoms with van der Waals surface area (Å²) in [6.07, 6.45) is 0. The molecule has 3 heteroatoms. The van der Waals surface area contributed by atoms with Crippen LogP contribution in [-0.4, -0.2) is 17.2 Å². The van der Waals surface area contributed by atoms with Crippen molar-refractivity contribution in [2.75, 3.05) is 0 Å². The molecule has 0 aliphatic rings. The summed E-state index contributed by atoms with van der Waals surface area (Å²) in [5.41, 5.74) is 1.57. The predicted molar refractivity (Wildman–Crippen MR) is 52.4 cm³/mol. The molecule has 0 saturated heterocycles. The summed E-state index contributed by atoms with van der Waals surface area (Å²) in [6, 6.07) is 7.12. The van der Waals surface area contributed by atoms with Crippen LogP contribution < -0.4 is 5.46 Å². The Morgan fingerprint density at radius 3 is 2.08 bits per heavy atom. The molecule has 1 aromatic carbocycles. The molecule has 2 N–H and O–H groups in total. The zero-order chi connectivity index (χ0) is 9.56. The lowest BCUT2D eigenvalue weighted by molar-refractivity contribution is 0.425. The van der Waals surface area contributed by atoms with E-state index in [2.05, 4.69) is 0 Å². The summed E-state index contributed by atoms with van der Waals surface area (Å²) in [5, 5.41) is 17.4. The predicted octanol–water partition coefficient (Wildman–Crippen LogP) is 0.701. The fraction of sp³-hybridized carbons (Fsp3) is 0.333. The van der Waals surface area contributed by atoms with Crippen molar-refractivity contribution in [2.24, 2.45) is 0 Å². The van der Waals surface area contributed by atoms with E-state index in [1.807, 2.05) is 26.8 Å². The van der Waals surface area contributed by atoms with Gasteiger partial charge in [-0.25, -0.2) is 0 Å². The molecular weight excluding hydrogens is 151 g/mol. The lowest BCUT2D eigenvalue weighted by atomic mass is 9.80. The van der Waals surface area contributed by atoms with Gasteiger partial charge in [0.15, 0.2) is 0 Å². The lowest BCUT2D eigenvalue weighted by Crippen LogP contribution is -2.29. The minimum atomic E-state index is -1.35. The largest absolute Gasteiger partial charge is 0.488 e. The second kappa shape index (κ2) is 5.80. The van der Waals surface area contributed by atoms with E-state index in [9.17, 15) is 0 Å². The molecule has 0 aliphatic heterocycles. The number of aryl methyl sites for hydroxylation is 1. The van der Waals surface area contributed by atoms with Gasteiger partial charge in [-0.05, 0) is 12.4 Å². The van der Waals surface area contributed by atoms with Crippen molar-refractivity contribution in [3.63, 3.8) is 0 Å². The normalized spacial score (nSPS) is 8.42. The molecule has 0 saturated carbocycles. The second-order valence-electron chi connectivity index (χ2n) is 2.29. The van der Waals surface area contributed by atoms with E-state index in [1.54, 1.807) is 18.2 Å². The number of hydrogen-bond donors (Lipinski definition) is 2.